The minimum Gasteiger partial charge on any atom is -0.369 e. The number of benzene rings is 1. The van der Waals surface area contributed by atoms with E-state index in [1.165, 1.54) is 11.3 Å². The van der Waals surface area contributed by atoms with Crippen molar-refractivity contribution in [3.8, 4) is 0 Å². The molecule has 0 saturated heterocycles. The molecule has 1 aromatic carbocycles. The molecule has 0 bridgehead atoms. The topological polar surface area (TPSA) is 29.3 Å². The van der Waals surface area contributed by atoms with Crippen molar-refractivity contribution in [2.24, 2.45) is 5.73 Å². The van der Waals surface area contributed by atoms with Gasteiger partial charge in [-0.15, -0.1) is 0 Å². The van der Waals surface area contributed by atoms with Gasteiger partial charge in [0, 0.05) is 29.3 Å². The van der Waals surface area contributed by atoms with Crippen molar-refractivity contribution in [3.63, 3.8) is 0 Å². The molecule has 2 N–H and O–H groups in total. The van der Waals surface area contributed by atoms with E-state index in [-0.39, 0.29) is 6.04 Å². The Balaban J connectivity index is 3.12. The van der Waals surface area contributed by atoms with E-state index in [4.69, 9.17) is 17.3 Å². The van der Waals surface area contributed by atoms with E-state index in [1.54, 1.807) is 0 Å². The van der Waals surface area contributed by atoms with Gasteiger partial charge in [-0.2, -0.15) is 0 Å². The summed E-state index contributed by atoms with van der Waals surface area (Å²) in [6.07, 6.45) is 0.860. The van der Waals surface area contributed by atoms with Crippen LogP contribution in [0.2, 0.25) is 5.02 Å². The maximum absolute atomic E-state index is 6.07. The number of hydrogen-bond acceptors (Lipinski definition) is 2. The first-order valence-corrected chi connectivity index (χ1v) is 6.64. The van der Waals surface area contributed by atoms with Gasteiger partial charge in [-0.3, -0.25) is 0 Å². The second-order valence-corrected chi connectivity index (χ2v) is 5.27. The van der Waals surface area contributed by atoms with Crippen molar-refractivity contribution in [3.05, 3.63) is 28.8 Å². The lowest BCUT2D eigenvalue weighted by molar-refractivity contribution is 0.687. The van der Waals surface area contributed by atoms with Crippen LogP contribution in [0.15, 0.2) is 18.2 Å². The molecule has 3 heteroatoms. The molecule has 0 aliphatic rings. The van der Waals surface area contributed by atoms with Crippen molar-refractivity contribution in [1.29, 1.82) is 0 Å². The molecule has 0 aromatic heterocycles. The molecule has 0 radical (unpaired) electrons. The molecule has 0 saturated carbocycles. The van der Waals surface area contributed by atoms with Crippen molar-refractivity contribution < 1.29 is 0 Å². The number of anilines is 1. The van der Waals surface area contributed by atoms with Crippen molar-refractivity contribution in [1.82, 2.24) is 0 Å². The summed E-state index contributed by atoms with van der Waals surface area (Å²) >= 11 is 6.07. The molecule has 1 aromatic rings. The highest BCUT2D eigenvalue weighted by molar-refractivity contribution is 6.30. The highest BCUT2D eigenvalue weighted by Gasteiger charge is 2.14. The summed E-state index contributed by atoms with van der Waals surface area (Å²) in [4.78, 5) is 2.37. The normalized spacial score (nSPS) is 12.9. The Morgan fingerprint density at radius 1 is 1.29 bits per heavy atom. The van der Waals surface area contributed by atoms with Gasteiger partial charge in [0.05, 0.1) is 0 Å². The van der Waals surface area contributed by atoms with Crippen molar-refractivity contribution >= 4 is 17.3 Å². The Kier molecular flexibility index (Phi) is 5.29. The average Bonchev–Trinajstić information content (AvgIpc) is 2.20. The summed E-state index contributed by atoms with van der Waals surface area (Å²) < 4.78 is 0. The summed E-state index contributed by atoms with van der Waals surface area (Å²) in [5.74, 6) is 0. The smallest absolute Gasteiger partial charge is 0.0410 e. The number of nitrogens with two attached hydrogens (primary N) is 1. The van der Waals surface area contributed by atoms with E-state index in [0.717, 1.165) is 18.0 Å². The van der Waals surface area contributed by atoms with E-state index >= 15 is 0 Å². The fourth-order valence-corrected chi connectivity index (χ4v) is 2.35. The number of nitrogens with zero attached hydrogens (tertiary/aromatic N) is 1. The molecular formula is C14H23ClN2. The molecule has 1 atom stereocenters. The van der Waals surface area contributed by atoms with Gasteiger partial charge < -0.3 is 10.6 Å². The van der Waals surface area contributed by atoms with Gasteiger partial charge in [0.15, 0.2) is 0 Å². The number of rotatable bonds is 5. The second-order valence-electron chi connectivity index (χ2n) is 4.83. The van der Waals surface area contributed by atoms with Gasteiger partial charge in [0.2, 0.25) is 0 Å². The number of halogens is 1. The lowest BCUT2D eigenvalue weighted by Crippen LogP contribution is -2.32. The fraction of sp³-hybridized carbons (Fsp3) is 0.571. The molecule has 17 heavy (non-hydrogen) atoms. The molecule has 0 heterocycles. The summed E-state index contributed by atoms with van der Waals surface area (Å²) in [6.45, 7) is 9.59. The van der Waals surface area contributed by atoms with Gasteiger partial charge in [-0.1, -0.05) is 11.6 Å². The molecule has 1 unspecified atom stereocenters. The van der Waals surface area contributed by atoms with E-state index < -0.39 is 0 Å². The van der Waals surface area contributed by atoms with Gasteiger partial charge in [-0.05, 0) is 57.9 Å². The van der Waals surface area contributed by atoms with Crippen LogP contribution in [0, 0.1) is 0 Å². The van der Waals surface area contributed by atoms with Gasteiger partial charge in [0.1, 0.15) is 0 Å². The van der Waals surface area contributed by atoms with Gasteiger partial charge in [0.25, 0.3) is 0 Å². The third-order valence-electron chi connectivity index (χ3n) is 2.86. The zero-order chi connectivity index (χ0) is 13.0. The maximum atomic E-state index is 6.07. The predicted octanol–water partition coefficient (Wildman–Crippen LogP) is 3.46. The molecule has 0 amide bonds. The van der Waals surface area contributed by atoms with Crippen LogP contribution < -0.4 is 10.6 Å². The number of hydrogen-bond donors (Lipinski definition) is 1. The van der Waals surface area contributed by atoms with Crippen LogP contribution in [0.4, 0.5) is 5.69 Å². The van der Waals surface area contributed by atoms with E-state index in [1.807, 2.05) is 19.1 Å². The fourth-order valence-electron chi connectivity index (χ4n) is 2.16. The highest BCUT2D eigenvalue weighted by atomic mass is 35.5. The first-order chi connectivity index (χ1) is 7.95. The Labute approximate surface area is 110 Å². The zero-order valence-corrected chi connectivity index (χ0v) is 12.0. The molecule has 96 valence electrons. The van der Waals surface area contributed by atoms with Crippen molar-refractivity contribution in [2.45, 2.75) is 46.2 Å². The molecule has 0 fully saturated rings. The minimum atomic E-state index is 0.151. The highest BCUT2D eigenvalue weighted by Crippen LogP contribution is 2.26. The molecule has 0 spiro atoms. The lowest BCUT2D eigenvalue weighted by Gasteiger charge is -2.30. The van der Waals surface area contributed by atoms with Crippen LogP contribution in [-0.4, -0.2) is 18.6 Å². The predicted molar refractivity (Wildman–Crippen MR) is 77.0 cm³/mol. The zero-order valence-electron chi connectivity index (χ0n) is 11.2. The second kappa shape index (κ2) is 6.27. The summed E-state index contributed by atoms with van der Waals surface area (Å²) in [5.41, 5.74) is 8.39. The monoisotopic (exact) mass is 254 g/mol. The first-order valence-electron chi connectivity index (χ1n) is 6.26. The molecule has 1 rings (SSSR count). The summed E-state index contributed by atoms with van der Waals surface area (Å²) in [7, 11) is 0. The summed E-state index contributed by atoms with van der Waals surface area (Å²) in [5, 5.41) is 0.782. The van der Waals surface area contributed by atoms with Gasteiger partial charge in [-0.25, -0.2) is 0 Å². The van der Waals surface area contributed by atoms with Crippen LogP contribution in [0.3, 0.4) is 0 Å². The Morgan fingerprint density at radius 3 is 2.41 bits per heavy atom. The quantitative estimate of drug-likeness (QED) is 0.872. The van der Waals surface area contributed by atoms with Crippen LogP contribution in [0.5, 0.6) is 0 Å². The third-order valence-corrected chi connectivity index (χ3v) is 3.09. The lowest BCUT2D eigenvalue weighted by atomic mass is 10.0. The van der Waals surface area contributed by atoms with E-state index in [2.05, 4.69) is 31.7 Å². The Bertz CT molecular complexity index is 361. The van der Waals surface area contributed by atoms with Crippen LogP contribution in [-0.2, 0) is 6.42 Å². The Hall–Kier alpha value is -0.730. The van der Waals surface area contributed by atoms with Crippen LogP contribution in [0.25, 0.3) is 0 Å². The standard InChI is InChI=1S/C14H23ClN2/c1-5-17(10(2)3)14-7-6-13(15)9-12(14)8-11(4)16/h6-7,9-11H,5,8,16H2,1-4H3. The minimum absolute atomic E-state index is 0.151. The SMILES string of the molecule is CCN(c1ccc(Cl)cc1CC(C)N)C(C)C. The maximum Gasteiger partial charge on any atom is 0.0410 e. The molecule has 0 aliphatic carbocycles. The van der Waals surface area contributed by atoms with Crippen molar-refractivity contribution in [2.75, 3.05) is 11.4 Å². The largest absolute Gasteiger partial charge is 0.369 e. The van der Waals surface area contributed by atoms with Crippen LogP contribution in [0.1, 0.15) is 33.3 Å². The third kappa shape index (κ3) is 3.90. The van der Waals surface area contributed by atoms with Gasteiger partial charge >= 0.3 is 0 Å². The first kappa shape index (κ1) is 14.3. The molecular weight excluding hydrogens is 232 g/mol. The van der Waals surface area contributed by atoms with E-state index in [9.17, 15) is 0 Å². The Morgan fingerprint density at radius 2 is 1.94 bits per heavy atom. The summed E-state index contributed by atoms with van der Waals surface area (Å²) in [6, 6.07) is 6.72. The molecule has 0 aliphatic heterocycles. The average molecular weight is 255 g/mol. The van der Waals surface area contributed by atoms with Crippen LogP contribution >= 0.6 is 11.6 Å². The molecule has 2 nitrogen and oxygen atoms in total. The van der Waals surface area contributed by atoms with E-state index in [0.29, 0.717) is 6.04 Å².